The van der Waals surface area contributed by atoms with Gasteiger partial charge in [-0.2, -0.15) is 0 Å². The average molecular weight is 875 g/mol. The number of carbonyl (C=O) groups excluding carboxylic acids is 7. The van der Waals surface area contributed by atoms with Gasteiger partial charge in [0.15, 0.2) is 0 Å². The van der Waals surface area contributed by atoms with E-state index in [1.807, 2.05) is 65.0 Å². The third-order valence-electron chi connectivity index (χ3n) is 10.9. The summed E-state index contributed by atoms with van der Waals surface area (Å²) in [5.74, 6) is -4.69. The van der Waals surface area contributed by atoms with Gasteiger partial charge in [-0.05, 0) is 77.3 Å². The number of aliphatic hydroxyl groups is 1. The molecule has 0 aliphatic heterocycles. The number of rotatable bonds is 25. The predicted octanol–water partition coefficient (Wildman–Crippen LogP) is 1.55. The first-order valence-corrected chi connectivity index (χ1v) is 21.7. The molecule has 0 spiro atoms. The summed E-state index contributed by atoms with van der Waals surface area (Å²) in [7, 11) is 7.42. The number of hydrogen-bond donors (Lipinski definition) is 5. The highest BCUT2D eigenvalue weighted by atomic mass is 16.5. The van der Waals surface area contributed by atoms with Gasteiger partial charge >= 0.3 is 0 Å². The maximum Gasteiger partial charge on any atom is 0.248 e. The quantitative estimate of drug-likeness (QED) is 0.0954. The molecule has 1 rings (SSSR count). The summed E-state index contributed by atoms with van der Waals surface area (Å²) in [6, 6.07) is 3.08. The Morgan fingerprint density at radius 3 is 1.69 bits per heavy atom. The van der Waals surface area contributed by atoms with E-state index in [0.717, 1.165) is 10.5 Å². The molecule has 0 saturated heterocycles. The molecule has 0 fully saturated rings. The van der Waals surface area contributed by atoms with Crippen LogP contribution < -0.4 is 21.7 Å². The molecule has 17 heteroatoms. The smallest absolute Gasteiger partial charge is 0.248 e. The number of nitrogens with one attached hydrogen (secondary N) is 3. The number of hydrogen-bond acceptors (Lipinski definition) is 10. The highest BCUT2D eigenvalue weighted by Gasteiger charge is 2.39. The van der Waals surface area contributed by atoms with E-state index in [2.05, 4.69) is 16.0 Å². The molecule has 0 bridgehead atoms. The van der Waals surface area contributed by atoms with Crippen LogP contribution in [-0.2, 0) is 44.7 Å². The van der Waals surface area contributed by atoms with Crippen LogP contribution in [0.5, 0.6) is 0 Å². The minimum atomic E-state index is -1.48. The molecular weight excluding hydrogens is 797 g/mol. The van der Waals surface area contributed by atoms with E-state index in [-0.39, 0.29) is 43.1 Å². The molecule has 0 aliphatic carbocycles. The van der Waals surface area contributed by atoms with Crippen LogP contribution in [0.1, 0.15) is 94.1 Å². The zero-order valence-corrected chi connectivity index (χ0v) is 40.0. The standard InChI is InChI=1S/C45H78N8O9/c1-16-29(6)38(39(46)56)53(15)43(60)33(26-62-45(8,9)10)48-40(57)34(22-27(2)3)51(13)36(55)25-50(12)44(61)37(30(7)54)49-41(58)35(23-28(4)5)52(14)42(59)32(47-11)24-31-20-18-17-19-21-31/h17-21,27-30,32-35,37-38,47,54H,16,22-26H2,1-15H3,(H2,46,56)(H,48,57)(H,49,58)/t29-,30+,32-,33-,34-,35-,37-,38-/m0/s1. The number of aliphatic hydroxyl groups excluding tert-OH is 1. The Kier molecular flexibility index (Phi) is 22.8. The molecule has 8 atom stereocenters. The van der Waals surface area contributed by atoms with Gasteiger partial charge in [0.05, 0.1) is 30.9 Å². The molecule has 0 radical (unpaired) electrons. The lowest BCUT2D eigenvalue weighted by molar-refractivity contribution is -0.148. The molecule has 0 aliphatic rings. The van der Waals surface area contributed by atoms with Gasteiger partial charge in [0.2, 0.25) is 41.4 Å². The van der Waals surface area contributed by atoms with Gasteiger partial charge in [-0.15, -0.1) is 0 Å². The average Bonchev–Trinajstić information content (AvgIpc) is 3.19. The summed E-state index contributed by atoms with van der Waals surface area (Å²) < 4.78 is 5.93. The first-order valence-electron chi connectivity index (χ1n) is 21.7. The molecule has 0 aromatic heterocycles. The SMILES string of the molecule is CC[C@H](C)[C@@H](C(N)=O)N(C)C(=O)[C@H](COC(C)(C)C)NC(=O)[C@H](CC(C)C)N(C)C(=O)CN(C)C(=O)[C@@H](NC(=O)[C@H](CC(C)C)N(C)C(=O)[C@H](Cc1ccccc1)NC)[C@@H](C)O. The molecule has 1 aromatic carbocycles. The first kappa shape index (κ1) is 55.4. The van der Waals surface area contributed by atoms with Crippen molar-refractivity contribution in [3.05, 3.63) is 35.9 Å². The van der Waals surface area contributed by atoms with Crippen LogP contribution in [0.25, 0.3) is 0 Å². The summed E-state index contributed by atoms with van der Waals surface area (Å²) >= 11 is 0. The van der Waals surface area contributed by atoms with Gasteiger partial charge in [-0.3, -0.25) is 33.6 Å². The Bertz CT molecular complexity index is 1630. The molecule has 0 saturated carbocycles. The molecule has 62 heavy (non-hydrogen) atoms. The van der Waals surface area contributed by atoms with Gasteiger partial charge in [0.25, 0.3) is 0 Å². The molecule has 0 unspecified atom stereocenters. The fraction of sp³-hybridized carbons (Fsp3) is 0.711. The lowest BCUT2D eigenvalue weighted by Crippen LogP contribution is -2.61. The minimum absolute atomic E-state index is 0.0205. The van der Waals surface area contributed by atoms with Gasteiger partial charge in [0, 0.05) is 28.2 Å². The number of nitrogens with zero attached hydrogens (tertiary/aromatic N) is 4. The van der Waals surface area contributed by atoms with Crippen LogP contribution in [0.15, 0.2) is 30.3 Å². The summed E-state index contributed by atoms with van der Waals surface area (Å²) in [5.41, 5.74) is 5.95. The van der Waals surface area contributed by atoms with Gasteiger partial charge in [-0.1, -0.05) is 78.3 Å². The fourth-order valence-corrected chi connectivity index (χ4v) is 7.01. The lowest BCUT2D eigenvalue weighted by Gasteiger charge is -2.35. The number of likely N-dealkylation sites (N-methyl/N-ethyl adjacent to an activating group) is 5. The number of benzene rings is 1. The van der Waals surface area contributed by atoms with Gasteiger partial charge < -0.3 is 51.1 Å². The maximum absolute atomic E-state index is 14.1. The summed E-state index contributed by atoms with van der Waals surface area (Å²) in [4.78, 5) is 101. The van der Waals surface area contributed by atoms with E-state index in [4.69, 9.17) is 10.5 Å². The second-order valence-corrected chi connectivity index (χ2v) is 18.4. The topological polar surface area (TPSA) is 224 Å². The lowest BCUT2D eigenvalue weighted by atomic mass is 9.96. The van der Waals surface area contributed by atoms with E-state index < -0.39 is 89.9 Å². The van der Waals surface area contributed by atoms with E-state index in [1.165, 1.54) is 49.8 Å². The van der Waals surface area contributed by atoms with Gasteiger partial charge in [-0.25, -0.2) is 0 Å². The third-order valence-corrected chi connectivity index (χ3v) is 10.9. The zero-order chi connectivity index (χ0) is 47.8. The molecule has 17 nitrogen and oxygen atoms in total. The number of carbonyl (C=O) groups is 7. The highest BCUT2D eigenvalue weighted by molar-refractivity contribution is 5.96. The van der Waals surface area contributed by atoms with Crippen molar-refractivity contribution in [2.45, 2.75) is 143 Å². The molecule has 6 N–H and O–H groups in total. The second kappa shape index (κ2) is 25.5. The minimum Gasteiger partial charge on any atom is -0.391 e. The Hall–Kier alpha value is -4.61. The van der Waals surface area contributed by atoms with Crippen molar-refractivity contribution < 1.29 is 43.4 Å². The zero-order valence-electron chi connectivity index (χ0n) is 40.0. The first-order chi connectivity index (χ1) is 28.7. The number of amides is 7. The molecule has 352 valence electrons. The van der Waals surface area contributed by atoms with Crippen molar-refractivity contribution in [1.82, 2.24) is 35.6 Å². The van der Waals surface area contributed by atoms with E-state index >= 15 is 0 Å². The Morgan fingerprint density at radius 2 is 1.24 bits per heavy atom. The summed E-state index contributed by atoms with van der Waals surface area (Å²) in [5, 5.41) is 19.2. The second-order valence-electron chi connectivity index (χ2n) is 18.4. The van der Waals surface area contributed by atoms with Crippen molar-refractivity contribution >= 4 is 41.4 Å². The van der Waals surface area contributed by atoms with Crippen LogP contribution in [0.2, 0.25) is 0 Å². The number of ether oxygens (including phenoxy) is 1. The Balaban J connectivity index is 3.33. The van der Waals surface area contributed by atoms with Crippen molar-refractivity contribution in [2.75, 3.05) is 48.4 Å². The highest BCUT2D eigenvalue weighted by Crippen LogP contribution is 2.19. The van der Waals surface area contributed by atoms with Crippen molar-refractivity contribution in [1.29, 1.82) is 0 Å². The number of primary amides is 1. The monoisotopic (exact) mass is 875 g/mol. The number of nitrogens with two attached hydrogens (primary N) is 1. The van der Waals surface area contributed by atoms with Crippen LogP contribution in [0, 0.1) is 17.8 Å². The normalized spacial score (nSPS) is 15.6. The molecule has 1 aromatic rings. The third kappa shape index (κ3) is 17.3. The van der Waals surface area contributed by atoms with Crippen molar-refractivity contribution in [2.24, 2.45) is 23.5 Å². The fourth-order valence-electron chi connectivity index (χ4n) is 7.01. The van der Waals surface area contributed by atoms with E-state index in [0.29, 0.717) is 12.8 Å². The van der Waals surface area contributed by atoms with Crippen molar-refractivity contribution in [3.63, 3.8) is 0 Å². The van der Waals surface area contributed by atoms with Crippen LogP contribution in [-0.4, -0.2) is 162 Å². The predicted molar refractivity (Wildman–Crippen MR) is 239 cm³/mol. The maximum atomic E-state index is 14.1. The van der Waals surface area contributed by atoms with Crippen LogP contribution >= 0.6 is 0 Å². The Morgan fingerprint density at radius 1 is 0.742 bits per heavy atom. The van der Waals surface area contributed by atoms with Crippen molar-refractivity contribution in [3.8, 4) is 0 Å². The van der Waals surface area contributed by atoms with E-state index in [9.17, 15) is 38.7 Å². The Labute approximate surface area is 370 Å². The van der Waals surface area contributed by atoms with E-state index in [1.54, 1.807) is 34.7 Å². The summed E-state index contributed by atoms with van der Waals surface area (Å²) in [6.45, 7) is 17.2. The largest absolute Gasteiger partial charge is 0.391 e. The summed E-state index contributed by atoms with van der Waals surface area (Å²) in [6.07, 6.45) is 0.0198. The molecule has 0 heterocycles. The van der Waals surface area contributed by atoms with Crippen LogP contribution in [0.4, 0.5) is 0 Å². The molecular formula is C45H78N8O9. The van der Waals surface area contributed by atoms with Gasteiger partial charge in [0.1, 0.15) is 30.2 Å². The molecule has 7 amide bonds. The van der Waals surface area contributed by atoms with Crippen LogP contribution in [0.3, 0.4) is 0 Å².